The predicted octanol–water partition coefficient (Wildman–Crippen LogP) is 2.95. The van der Waals surface area contributed by atoms with E-state index in [0.29, 0.717) is 17.6 Å². The molecule has 1 rings (SSSR count). The molecule has 5 nitrogen and oxygen atoms in total. The SMILES string of the molecule is C=C(C)CN(CC)C(=O)COc1cc(Br)ccc1C(=O)O. The van der Waals surface area contributed by atoms with Crippen molar-refractivity contribution < 1.29 is 19.4 Å². The van der Waals surface area contributed by atoms with Gasteiger partial charge in [0, 0.05) is 17.6 Å². The van der Waals surface area contributed by atoms with Crippen molar-refractivity contribution in [1.29, 1.82) is 0 Å². The van der Waals surface area contributed by atoms with Crippen LogP contribution in [-0.4, -0.2) is 41.6 Å². The van der Waals surface area contributed by atoms with Crippen molar-refractivity contribution in [2.45, 2.75) is 13.8 Å². The van der Waals surface area contributed by atoms with Gasteiger partial charge in [0.15, 0.2) is 6.61 Å². The van der Waals surface area contributed by atoms with Crippen molar-refractivity contribution in [2.75, 3.05) is 19.7 Å². The van der Waals surface area contributed by atoms with E-state index in [1.165, 1.54) is 12.1 Å². The highest BCUT2D eigenvalue weighted by molar-refractivity contribution is 9.10. The zero-order chi connectivity index (χ0) is 16.0. The van der Waals surface area contributed by atoms with Crippen LogP contribution >= 0.6 is 15.9 Å². The Morgan fingerprint density at radius 1 is 1.43 bits per heavy atom. The second-order valence-corrected chi connectivity index (χ2v) is 5.52. The summed E-state index contributed by atoms with van der Waals surface area (Å²) in [6.45, 7) is 8.27. The van der Waals surface area contributed by atoms with E-state index in [1.54, 1.807) is 11.0 Å². The molecule has 0 aromatic heterocycles. The number of aromatic carboxylic acids is 1. The first-order valence-corrected chi connectivity index (χ1v) is 7.22. The van der Waals surface area contributed by atoms with Crippen LogP contribution in [-0.2, 0) is 4.79 Å². The predicted molar refractivity (Wildman–Crippen MR) is 83.7 cm³/mol. The summed E-state index contributed by atoms with van der Waals surface area (Å²) in [4.78, 5) is 24.8. The van der Waals surface area contributed by atoms with E-state index in [1.807, 2.05) is 13.8 Å². The van der Waals surface area contributed by atoms with Crippen LogP contribution in [0.5, 0.6) is 5.75 Å². The number of carboxylic acid groups (broad SMARTS) is 1. The quantitative estimate of drug-likeness (QED) is 0.763. The van der Waals surface area contributed by atoms with Crippen LogP contribution in [0, 0.1) is 0 Å². The second-order valence-electron chi connectivity index (χ2n) is 4.60. The molecule has 0 fully saturated rings. The van der Waals surface area contributed by atoms with Gasteiger partial charge in [0.2, 0.25) is 0 Å². The van der Waals surface area contributed by atoms with Crippen molar-refractivity contribution in [2.24, 2.45) is 0 Å². The molecule has 0 saturated heterocycles. The Morgan fingerprint density at radius 3 is 2.62 bits per heavy atom. The lowest BCUT2D eigenvalue weighted by atomic mass is 10.2. The van der Waals surface area contributed by atoms with E-state index in [2.05, 4.69) is 22.5 Å². The van der Waals surface area contributed by atoms with E-state index in [9.17, 15) is 9.59 Å². The Labute approximate surface area is 132 Å². The van der Waals surface area contributed by atoms with Crippen molar-refractivity contribution in [3.05, 3.63) is 40.4 Å². The number of likely N-dealkylation sites (N-methyl/N-ethyl adjacent to an activating group) is 1. The van der Waals surface area contributed by atoms with Crippen LogP contribution in [0.2, 0.25) is 0 Å². The minimum Gasteiger partial charge on any atom is -0.483 e. The topological polar surface area (TPSA) is 66.8 Å². The molecule has 0 aliphatic carbocycles. The Hall–Kier alpha value is -1.82. The van der Waals surface area contributed by atoms with E-state index in [-0.39, 0.29) is 23.8 Å². The van der Waals surface area contributed by atoms with Crippen LogP contribution in [0.3, 0.4) is 0 Å². The highest BCUT2D eigenvalue weighted by atomic mass is 79.9. The van der Waals surface area contributed by atoms with Gasteiger partial charge in [0.25, 0.3) is 5.91 Å². The van der Waals surface area contributed by atoms with E-state index in [0.717, 1.165) is 5.57 Å². The second kappa shape index (κ2) is 7.83. The molecule has 0 unspecified atom stereocenters. The summed E-state index contributed by atoms with van der Waals surface area (Å²) in [5.41, 5.74) is 0.896. The molecule has 0 heterocycles. The lowest BCUT2D eigenvalue weighted by molar-refractivity contribution is -0.132. The molecule has 0 radical (unpaired) electrons. The third kappa shape index (κ3) is 5.23. The molecular weight excluding hydrogens is 338 g/mol. The minimum atomic E-state index is -1.10. The normalized spacial score (nSPS) is 10.0. The van der Waals surface area contributed by atoms with E-state index < -0.39 is 5.97 Å². The Morgan fingerprint density at radius 2 is 2.10 bits per heavy atom. The molecule has 0 aliphatic heterocycles. The number of ether oxygens (including phenoxy) is 1. The molecule has 1 aromatic rings. The first-order chi connectivity index (χ1) is 9.85. The number of carbonyl (C=O) groups excluding carboxylic acids is 1. The molecule has 0 atom stereocenters. The summed E-state index contributed by atoms with van der Waals surface area (Å²) in [6, 6.07) is 4.57. The number of carbonyl (C=O) groups is 2. The van der Waals surface area contributed by atoms with Crippen LogP contribution in [0.4, 0.5) is 0 Å². The standard InChI is InChI=1S/C15H18BrNO4/c1-4-17(8-10(2)3)14(18)9-21-13-7-11(16)5-6-12(13)15(19)20/h5-7H,2,4,8-9H2,1,3H3,(H,19,20). The summed E-state index contributed by atoms with van der Waals surface area (Å²) in [5, 5.41) is 9.09. The minimum absolute atomic E-state index is 0.0222. The number of halogens is 1. The molecule has 6 heteroatoms. The van der Waals surface area contributed by atoms with Gasteiger partial charge in [-0.1, -0.05) is 28.1 Å². The van der Waals surface area contributed by atoms with Crippen molar-refractivity contribution in [3.63, 3.8) is 0 Å². The average Bonchev–Trinajstić information content (AvgIpc) is 2.41. The molecule has 0 bridgehead atoms. The zero-order valence-electron chi connectivity index (χ0n) is 12.1. The number of nitrogens with zero attached hydrogens (tertiary/aromatic N) is 1. The van der Waals surface area contributed by atoms with Gasteiger partial charge >= 0.3 is 5.97 Å². The van der Waals surface area contributed by atoms with Crippen LogP contribution in [0.25, 0.3) is 0 Å². The van der Waals surface area contributed by atoms with Gasteiger partial charge in [0.05, 0.1) is 0 Å². The molecule has 0 aliphatic rings. The van der Waals surface area contributed by atoms with Gasteiger partial charge in [-0.25, -0.2) is 4.79 Å². The fraction of sp³-hybridized carbons (Fsp3) is 0.333. The third-order valence-electron chi connectivity index (χ3n) is 2.72. The first-order valence-electron chi connectivity index (χ1n) is 6.43. The van der Waals surface area contributed by atoms with Crippen molar-refractivity contribution in [1.82, 2.24) is 4.90 Å². The Balaban J connectivity index is 2.78. The lowest BCUT2D eigenvalue weighted by Crippen LogP contribution is -2.36. The maximum Gasteiger partial charge on any atom is 0.339 e. The molecule has 1 aromatic carbocycles. The van der Waals surface area contributed by atoms with E-state index >= 15 is 0 Å². The molecule has 1 N–H and O–H groups in total. The van der Waals surface area contributed by atoms with Gasteiger partial charge in [0.1, 0.15) is 11.3 Å². The molecule has 0 spiro atoms. The largest absolute Gasteiger partial charge is 0.483 e. The summed E-state index contributed by atoms with van der Waals surface area (Å²) in [5.74, 6) is -1.15. The number of amides is 1. The Kier molecular flexibility index (Phi) is 6.42. The fourth-order valence-electron chi connectivity index (χ4n) is 1.73. The molecule has 1 amide bonds. The molecule has 21 heavy (non-hydrogen) atoms. The van der Waals surface area contributed by atoms with E-state index in [4.69, 9.17) is 9.84 Å². The van der Waals surface area contributed by atoms with Crippen molar-refractivity contribution in [3.8, 4) is 5.75 Å². The fourth-order valence-corrected chi connectivity index (χ4v) is 2.07. The highest BCUT2D eigenvalue weighted by Gasteiger charge is 2.16. The monoisotopic (exact) mass is 355 g/mol. The van der Waals surface area contributed by atoms with Crippen LogP contribution in [0.1, 0.15) is 24.2 Å². The summed E-state index contributed by atoms with van der Waals surface area (Å²) in [6.07, 6.45) is 0. The molecule has 0 saturated carbocycles. The summed E-state index contributed by atoms with van der Waals surface area (Å²) >= 11 is 3.25. The van der Waals surface area contributed by atoms with Crippen LogP contribution in [0.15, 0.2) is 34.8 Å². The number of rotatable bonds is 7. The van der Waals surface area contributed by atoms with Crippen LogP contribution < -0.4 is 4.74 Å². The van der Waals surface area contributed by atoms with Gasteiger partial charge in [-0.3, -0.25) is 4.79 Å². The maximum atomic E-state index is 12.0. The number of benzene rings is 1. The summed E-state index contributed by atoms with van der Waals surface area (Å²) < 4.78 is 6.06. The zero-order valence-corrected chi connectivity index (χ0v) is 13.6. The van der Waals surface area contributed by atoms with Gasteiger partial charge in [-0.15, -0.1) is 0 Å². The summed E-state index contributed by atoms with van der Waals surface area (Å²) in [7, 11) is 0. The van der Waals surface area contributed by atoms with Gasteiger partial charge < -0.3 is 14.7 Å². The number of hydrogen-bond acceptors (Lipinski definition) is 3. The number of hydrogen-bond donors (Lipinski definition) is 1. The maximum absolute atomic E-state index is 12.0. The smallest absolute Gasteiger partial charge is 0.339 e. The van der Waals surface area contributed by atoms with Crippen molar-refractivity contribution >= 4 is 27.8 Å². The average molecular weight is 356 g/mol. The van der Waals surface area contributed by atoms with Gasteiger partial charge in [-0.2, -0.15) is 0 Å². The number of carboxylic acids is 1. The first kappa shape index (κ1) is 17.2. The highest BCUT2D eigenvalue weighted by Crippen LogP contribution is 2.23. The third-order valence-corrected chi connectivity index (χ3v) is 3.21. The Bertz CT molecular complexity index is 557. The van der Waals surface area contributed by atoms with Gasteiger partial charge in [-0.05, 0) is 32.0 Å². The molecule has 114 valence electrons. The molecular formula is C15H18BrNO4. The lowest BCUT2D eigenvalue weighted by Gasteiger charge is -2.21.